The molecule has 0 unspecified atom stereocenters. The van der Waals surface area contributed by atoms with Crippen LogP contribution in [0.15, 0.2) is 30.5 Å². The van der Waals surface area contributed by atoms with E-state index in [-0.39, 0.29) is 27.1 Å². The van der Waals surface area contributed by atoms with Gasteiger partial charge < -0.3 is 14.4 Å². The Labute approximate surface area is 178 Å². The largest absolute Gasteiger partial charge is 0.493 e. The van der Waals surface area contributed by atoms with E-state index in [4.69, 9.17) is 28.6 Å². The van der Waals surface area contributed by atoms with Gasteiger partial charge in [-0.2, -0.15) is 13.2 Å². The minimum Gasteiger partial charge on any atom is -0.493 e. The third-order valence-corrected chi connectivity index (χ3v) is 5.49. The average Bonchev–Trinajstić information content (AvgIpc) is 2.95. The highest BCUT2D eigenvalue weighted by molar-refractivity contribution is 7.71. The number of aromatic hydroxyl groups is 1. The average molecular weight is 460 g/mol. The molecule has 0 saturated carbocycles. The summed E-state index contributed by atoms with van der Waals surface area (Å²) in [5, 5.41) is 10.3. The lowest BCUT2D eigenvalue weighted by Crippen LogP contribution is -2.09. The Bertz CT molecular complexity index is 1190. The van der Waals surface area contributed by atoms with E-state index in [0.717, 1.165) is 47.9 Å². The number of hydrogen-bond donors (Lipinski definition) is 1. The van der Waals surface area contributed by atoms with Crippen molar-refractivity contribution in [1.82, 2.24) is 14.1 Å². The molecule has 5 nitrogen and oxygen atoms in total. The van der Waals surface area contributed by atoms with Crippen LogP contribution in [-0.2, 0) is 19.1 Å². The van der Waals surface area contributed by atoms with Crippen LogP contribution in [0.3, 0.4) is 0 Å². The van der Waals surface area contributed by atoms with Crippen molar-refractivity contribution in [1.29, 1.82) is 0 Å². The molecule has 1 aromatic carbocycles. The van der Waals surface area contributed by atoms with Crippen molar-refractivity contribution in [2.45, 2.75) is 32.0 Å². The summed E-state index contributed by atoms with van der Waals surface area (Å²) in [7, 11) is 0. The number of alkyl halides is 3. The Morgan fingerprint density at radius 2 is 2.00 bits per heavy atom. The molecule has 0 spiro atoms. The smallest absolute Gasteiger partial charge is 0.421 e. The van der Waals surface area contributed by atoms with E-state index in [1.54, 1.807) is 4.57 Å². The summed E-state index contributed by atoms with van der Waals surface area (Å²) < 4.78 is 62.7. The van der Waals surface area contributed by atoms with Crippen LogP contribution in [0.2, 0.25) is 5.02 Å². The quantitative estimate of drug-likeness (QED) is 0.383. The molecule has 0 amide bonds. The SMILES string of the molecule is Oc1c2n(c(=S)n1-c1cc(Oc3ncccc3C(F)(F)F)c(Cl)cc1F)CCCC2. The zero-order valence-electron chi connectivity index (χ0n) is 15.2. The minimum atomic E-state index is -4.71. The lowest BCUT2D eigenvalue weighted by Gasteiger charge is -2.14. The summed E-state index contributed by atoms with van der Waals surface area (Å²) in [6.07, 6.45) is -1.29. The van der Waals surface area contributed by atoms with Gasteiger partial charge >= 0.3 is 6.18 Å². The molecule has 3 aromatic rings. The van der Waals surface area contributed by atoms with Crippen LogP contribution in [0.5, 0.6) is 17.5 Å². The van der Waals surface area contributed by atoms with Crippen molar-refractivity contribution >= 4 is 23.8 Å². The number of pyridine rings is 1. The van der Waals surface area contributed by atoms with Gasteiger partial charge in [0.15, 0.2) is 4.77 Å². The summed E-state index contributed by atoms with van der Waals surface area (Å²) >= 11 is 11.4. The molecule has 4 rings (SSSR count). The highest BCUT2D eigenvalue weighted by Gasteiger charge is 2.35. The number of aromatic nitrogens is 3. The van der Waals surface area contributed by atoms with Gasteiger partial charge in [0.05, 0.1) is 16.4 Å². The molecular weight excluding hydrogens is 446 g/mol. The van der Waals surface area contributed by atoms with Gasteiger partial charge in [0, 0.05) is 18.8 Å². The lowest BCUT2D eigenvalue weighted by atomic mass is 10.1. The summed E-state index contributed by atoms with van der Waals surface area (Å²) in [6, 6.07) is 3.91. The molecule has 11 heteroatoms. The Hall–Kier alpha value is -2.59. The number of rotatable bonds is 3. The summed E-state index contributed by atoms with van der Waals surface area (Å²) in [5.74, 6) is -2.03. The Morgan fingerprint density at radius 1 is 1.23 bits per heavy atom. The highest BCUT2D eigenvalue weighted by atomic mass is 35.5. The molecule has 0 aliphatic carbocycles. The predicted octanol–water partition coefficient (Wildman–Crippen LogP) is 6.05. The van der Waals surface area contributed by atoms with Gasteiger partial charge in [-0.3, -0.25) is 4.57 Å². The molecule has 2 aromatic heterocycles. The van der Waals surface area contributed by atoms with Gasteiger partial charge in [-0.05, 0) is 49.7 Å². The van der Waals surface area contributed by atoms with E-state index in [1.807, 2.05) is 0 Å². The Morgan fingerprint density at radius 3 is 2.70 bits per heavy atom. The Kier molecular flexibility index (Phi) is 5.23. The van der Waals surface area contributed by atoms with Gasteiger partial charge in [0.25, 0.3) is 0 Å². The first-order valence-electron chi connectivity index (χ1n) is 8.91. The van der Waals surface area contributed by atoms with Crippen LogP contribution in [0.4, 0.5) is 17.6 Å². The fourth-order valence-electron chi connectivity index (χ4n) is 3.39. The van der Waals surface area contributed by atoms with Crippen molar-refractivity contribution in [3.05, 3.63) is 57.3 Å². The van der Waals surface area contributed by atoms with Crippen molar-refractivity contribution in [2.75, 3.05) is 0 Å². The molecule has 1 aliphatic rings. The van der Waals surface area contributed by atoms with Crippen LogP contribution in [0, 0.1) is 10.6 Å². The zero-order chi connectivity index (χ0) is 21.6. The van der Waals surface area contributed by atoms with Crippen molar-refractivity contribution in [2.24, 2.45) is 0 Å². The van der Waals surface area contributed by atoms with Gasteiger partial charge in [0.1, 0.15) is 17.1 Å². The van der Waals surface area contributed by atoms with E-state index in [9.17, 15) is 22.7 Å². The molecule has 30 heavy (non-hydrogen) atoms. The van der Waals surface area contributed by atoms with Gasteiger partial charge in [0.2, 0.25) is 11.8 Å². The normalized spacial score (nSPS) is 13.9. The summed E-state index contributed by atoms with van der Waals surface area (Å²) in [6.45, 7) is 0.580. The first kappa shape index (κ1) is 20.7. The number of nitrogens with zero attached hydrogens (tertiary/aromatic N) is 3. The van der Waals surface area contributed by atoms with E-state index in [2.05, 4.69) is 4.98 Å². The second-order valence-corrected chi connectivity index (χ2v) is 7.46. The fourth-order valence-corrected chi connectivity index (χ4v) is 3.97. The number of ether oxygens (including phenoxy) is 1. The molecule has 1 aliphatic heterocycles. The molecule has 158 valence electrons. The third-order valence-electron chi connectivity index (χ3n) is 4.79. The van der Waals surface area contributed by atoms with Crippen LogP contribution >= 0.6 is 23.8 Å². The lowest BCUT2D eigenvalue weighted by molar-refractivity contribution is -0.138. The van der Waals surface area contributed by atoms with Crippen LogP contribution < -0.4 is 4.74 Å². The molecule has 0 saturated heterocycles. The third kappa shape index (κ3) is 3.54. The van der Waals surface area contributed by atoms with Gasteiger partial charge in [-0.15, -0.1) is 0 Å². The first-order valence-corrected chi connectivity index (χ1v) is 9.70. The fraction of sp³-hybridized carbons (Fsp3) is 0.263. The molecule has 0 atom stereocenters. The van der Waals surface area contributed by atoms with E-state index < -0.39 is 23.4 Å². The number of benzene rings is 1. The maximum absolute atomic E-state index is 14.7. The number of imidazole rings is 1. The van der Waals surface area contributed by atoms with Crippen molar-refractivity contribution in [3.63, 3.8) is 0 Å². The standard InChI is InChI=1S/C19H14ClF4N3O2S/c20-11-8-12(21)14(27-17(28)13-5-1-2-7-26(13)18(27)30)9-15(11)29-16-10(19(22,23)24)4-3-6-25-16/h3-4,6,8-9,28H,1-2,5,7H2. The maximum atomic E-state index is 14.7. The van der Waals surface area contributed by atoms with Gasteiger partial charge in [-0.1, -0.05) is 11.6 Å². The maximum Gasteiger partial charge on any atom is 0.421 e. The zero-order valence-corrected chi connectivity index (χ0v) is 16.8. The second kappa shape index (κ2) is 7.59. The molecule has 0 fully saturated rings. The van der Waals surface area contributed by atoms with E-state index in [0.29, 0.717) is 18.7 Å². The Balaban J connectivity index is 1.83. The number of fused-ring (bicyclic) bond motifs is 1. The van der Waals surface area contributed by atoms with Crippen LogP contribution in [0.1, 0.15) is 24.1 Å². The predicted molar refractivity (Wildman–Crippen MR) is 103 cm³/mol. The van der Waals surface area contributed by atoms with Crippen molar-refractivity contribution < 1.29 is 27.4 Å². The molecule has 1 N–H and O–H groups in total. The number of halogens is 5. The first-order chi connectivity index (χ1) is 14.2. The second-order valence-electron chi connectivity index (χ2n) is 6.69. The highest BCUT2D eigenvalue weighted by Crippen LogP contribution is 2.40. The number of hydrogen-bond acceptors (Lipinski definition) is 4. The van der Waals surface area contributed by atoms with Gasteiger partial charge in [-0.25, -0.2) is 9.37 Å². The monoisotopic (exact) mass is 459 g/mol. The summed E-state index contributed by atoms with van der Waals surface area (Å²) in [5.41, 5.74) is -0.721. The summed E-state index contributed by atoms with van der Waals surface area (Å²) in [4.78, 5) is 3.62. The molecule has 0 radical (unpaired) electrons. The van der Waals surface area contributed by atoms with Crippen LogP contribution in [0.25, 0.3) is 5.69 Å². The minimum absolute atomic E-state index is 0.170. The van der Waals surface area contributed by atoms with Crippen molar-refractivity contribution in [3.8, 4) is 23.2 Å². The molecule has 0 bridgehead atoms. The van der Waals surface area contributed by atoms with E-state index in [1.165, 1.54) is 0 Å². The van der Waals surface area contributed by atoms with Crippen LogP contribution in [-0.4, -0.2) is 19.2 Å². The topological polar surface area (TPSA) is 52.2 Å². The molecule has 3 heterocycles. The molecular formula is C19H14ClF4N3O2S. The van der Waals surface area contributed by atoms with E-state index >= 15 is 0 Å².